The van der Waals surface area contributed by atoms with Gasteiger partial charge in [-0.25, -0.2) is 9.59 Å². The summed E-state index contributed by atoms with van der Waals surface area (Å²) in [6, 6.07) is 17.4. The lowest BCUT2D eigenvalue weighted by molar-refractivity contribution is 0.0683. The normalized spacial score (nSPS) is 9.78. The van der Waals surface area contributed by atoms with Crippen LogP contribution in [-0.4, -0.2) is 34.0 Å². The van der Waals surface area contributed by atoms with Gasteiger partial charge in [0.15, 0.2) is 0 Å². The van der Waals surface area contributed by atoms with E-state index in [-0.39, 0.29) is 44.5 Å². The molecule has 216 valence electrons. The number of terminal acetylenes is 4. The molecule has 0 spiro atoms. The zero-order valence-corrected chi connectivity index (χ0v) is 23.2. The van der Waals surface area contributed by atoms with Gasteiger partial charge in [-0.3, -0.25) is 9.59 Å². The Balaban J connectivity index is 1.49. The molecule has 4 aromatic carbocycles. The van der Waals surface area contributed by atoms with Gasteiger partial charge < -0.3 is 25.6 Å². The van der Waals surface area contributed by atoms with Crippen molar-refractivity contribution in [2.75, 3.05) is 10.6 Å². The minimum atomic E-state index is -1.35. The van der Waals surface area contributed by atoms with E-state index in [0.29, 0.717) is 22.9 Å². The topological polar surface area (TPSA) is 142 Å². The van der Waals surface area contributed by atoms with Crippen LogP contribution in [0.2, 0.25) is 0 Å². The third kappa shape index (κ3) is 6.83. The number of carboxylic acid groups (broad SMARTS) is 2. The Labute approximate surface area is 257 Å². The molecule has 0 aliphatic rings. The van der Waals surface area contributed by atoms with E-state index in [0.717, 1.165) is 0 Å². The van der Waals surface area contributed by atoms with Gasteiger partial charge in [0.05, 0.1) is 22.3 Å². The SMILES string of the molecule is C#Cc1cc(C(=O)O)c(C(=O)Nc2ccc(Oc3cccc(NC(=O)c4cc(C#C)c(C#C)cc4C(=O)O)c3)cc2)cc1C#C. The van der Waals surface area contributed by atoms with Crippen molar-refractivity contribution in [3.8, 4) is 60.9 Å². The summed E-state index contributed by atoms with van der Waals surface area (Å²) in [4.78, 5) is 49.4. The van der Waals surface area contributed by atoms with Gasteiger partial charge in [0.25, 0.3) is 11.8 Å². The fourth-order valence-corrected chi connectivity index (χ4v) is 4.18. The van der Waals surface area contributed by atoms with E-state index in [2.05, 4.69) is 34.3 Å². The van der Waals surface area contributed by atoms with Crippen LogP contribution in [0.4, 0.5) is 11.4 Å². The van der Waals surface area contributed by atoms with Gasteiger partial charge in [-0.2, -0.15) is 0 Å². The lowest BCUT2D eigenvalue weighted by Gasteiger charge is -2.12. The van der Waals surface area contributed by atoms with Crippen LogP contribution in [0.3, 0.4) is 0 Å². The molecule has 0 heterocycles. The number of hydrogen-bond acceptors (Lipinski definition) is 5. The van der Waals surface area contributed by atoms with E-state index >= 15 is 0 Å². The molecule has 9 heteroatoms. The fraction of sp³-hybridized carbons (Fsp3) is 0. The molecule has 0 fully saturated rings. The van der Waals surface area contributed by atoms with E-state index in [9.17, 15) is 29.4 Å². The Kier molecular flexibility index (Phi) is 9.01. The van der Waals surface area contributed by atoms with Crippen molar-refractivity contribution in [2.45, 2.75) is 0 Å². The van der Waals surface area contributed by atoms with E-state index < -0.39 is 23.8 Å². The Morgan fingerprint density at radius 1 is 0.533 bits per heavy atom. The average molecular weight is 593 g/mol. The molecule has 0 bridgehead atoms. The van der Waals surface area contributed by atoms with Crippen LogP contribution >= 0.6 is 0 Å². The van der Waals surface area contributed by atoms with E-state index in [1.807, 2.05) is 0 Å². The van der Waals surface area contributed by atoms with Gasteiger partial charge in [0.2, 0.25) is 0 Å². The summed E-state index contributed by atoms with van der Waals surface area (Å²) in [5.41, 5.74) is 0.463. The molecule has 45 heavy (non-hydrogen) atoms. The minimum Gasteiger partial charge on any atom is -0.478 e. The number of aromatic carboxylic acids is 2. The monoisotopic (exact) mass is 592 g/mol. The van der Waals surface area contributed by atoms with E-state index in [4.69, 9.17) is 30.4 Å². The van der Waals surface area contributed by atoms with Crippen molar-refractivity contribution in [1.82, 2.24) is 0 Å². The molecular formula is C36H20N2O7. The maximum absolute atomic E-state index is 13.0. The average Bonchev–Trinajstić information content (AvgIpc) is 3.04. The molecule has 0 atom stereocenters. The number of amides is 2. The number of carbonyl (C=O) groups is 4. The molecule has 4 aromatic rings. The highest BCUT2D eigenvalue weighted by atomic mass is 16.5. The van der Waals surface area contributed by atoms with Crippen LogP contribution in [0.5, 0.6) is 11.5 Å². The van der Waals surface area contributed by atoms with Crippen molar-refractivity contribution in [1.29, 1.82) is 0 Å². The second-order valence-corrected chi connectivity index (χ2v) is 9.14. The summed E-state index contributed by atoms with van der Waals surface area (Å²) in [5, 5.41) is 24.4. The number of rotatable bonds is 8. The third-order valence-corrected chi connectivity index (χ3v) is 6.33. The zero-order chi connectivity index (χ0) is 32.7. The largest absolute Gasteiger partial charge is 0.478 e. The van der Waals surface area contributed by atoms with E-state index in [1.165, 1.54) is 42.5 Å². The summed E-state index contributed by atoms with van der Waals surface area (Å²) in [7, 11) is 0. The Morgan fingerprint density at radius 2 is 0.956 bits per heavy atom. The van der Waals surface area contributed by atoms with E-state index in [1.54, 1.807) is 30.3 Å². The summed E-state index contributed by atoms with van der Waals surface area (Å²) in [6.07, 6.45) is 21.7. The first kappa shape index (κ1) is 30.8. The van der Waals surface area contributed by atoms with Crippen LogP contribution < -0.4 is 15.4 Å². The number of nitrogens with one attached hydrogen (secondary N) is 2. The van der Waals surface area contributed by atoms with Gasteiger partial charge in [0, 0.05) is 39.7 Å². The first-order valence-electron chi connectivity index (χ1n) is 12.8. The highest BCUT2D eigenvalue weighted by Crippen LogP contribution is 2.27. The van der Waals surface area contributed by atoms with Crippen molar-refractivity contribution in [3.05, 3.63) is 117 Å². The highest BCUT2D eigenvalue weighted by molar-refractivity contribution is 6.12. The third-order valence-electron chi connectivity index (χ3n) is 6.33. The number of carboxylic acids is 2. The predicted molar refractivity (Wildman–Crippen MR) is 167 cm³/mol. The summed E-state index contributed by atoms with van der Waals surface area (Å²) in [6.45, 7) is 0. The van der Waals surface area contributed by atoms with Gasteiger partial charge in [0.1, 0.15) is 11.5 Å². The van der Waals surface area contributed by atoms with Crippen molar-refractivity contribution >= 4 is 35.1 Å². The standard InChI is InChI=1S/C36H20N2O7/c1-5-21-16-29(31(35(41)42)18-23(21)7-3)33(39)37-25-12-14-27(15-13-25)45-28-11-9-10-26(20-28)38-34(40)30-17-22(6-2)24(8-4)19-32(30)36(43)44/h1-4,9-20H,(H,37,39)(H,38,40)(H,41,42)(H,43,44). The molecule has 0 aliphatic heterocycles. The van der Waals surface area contributed by atoms with Gasteiger partial charge in [-0.15, -0.1) is 25.7 Å². The van der Waals surface area contributed by atoms with Crippen LogP contribution in [0.1, 0.15) is 63.7 Å². The maximum Gasteiger partial charge on any atom is 0.336 e. The van der Waals surface area contributed by atoms with Gasteiger partial charge in [-0.1, -0.05) is 29.7 Å². The van der Waals surface area contributed by atoms with Crippen LogP contribution in [0.15, 0.2) is 72.8 Å². The van der Waals surface area contributed by atoms with Crippen molar-refractivity contribution in [3.63, 3.8) is 0 Å². The molecule has 0 saturated carbocycles. The molecule has 0 unspecified atom stereocenters. The molecular weight excluding hydrogens is 572 g/mol. The first-order valence-corrected chi connectivity index (χ1v) is 12.8. The summed E-state index contributed by atoms with van der Waals surface area (Å²) >= 11 is 0. The molecule has 9 nitrogen and oxygen atoms in total. The number of hydrogen-bond donors (Lipinski definition) is 4. The van der Waals surface area contributed by atoms with Crippen LogP contribution in [0.25, 0.3) is 0 Å². The number of carbonyl (C=O) groups excluding carboxylic acids is 2. The quantitative estimate of drug-likeness (QED) is 0.203. The molecule has 0 aliphatic carbocycles. The zero-order valence-electron chi connectivity index (χ0n) is 23.2. The molecule has 4 N–H and O–H groups in total. The second kappa shape index (κ2) is 13.2. The lowest BCUT2D eigenvalue weighted by Crippen LogP contribution is -2.17. The molecule has 2 amide bonds. The Bertz CT molecular complexity index is 2070. The Hall–Kier alpha value is -7.20. The Morgan fingerprint density at radius 3 is 1.38 bits per heavy atom. The van der Waals surface area contributed by atoms with Crippen molar-refractivity contribution in [2.24, 2.45) is 0 Å². The lowest BCUT2D eigenvalue weighted by atomic mass is 9.98. The molecule has 0 aromatic heterocycles. The number of ether oxygens (including phenoxy) is 1. The molecule has 0 radical (unpaired) electrons. The predicted octanol–water partition coefficient (Wildman–Crippen LogP) is 5.31. The van der Waals surface area contributed by atoms with Gasteiger partial charge >= 0.3 is 11.9 Å². The highest BCUT2D eigenvalue weighted by Gasteiger charge is 2.21. The smallest absolute Gasteiger partial charge is 0.336 e. The summed E-state index contributed by atoms with van der Waals surface area (Å²) in [5.74, 6) is 5.90. The maximum atomic E-state index is 13.0. The van der Waals surface area contributed by atoms with Gasteiger partial charge in [-0.05, 0) is 60.7 Å². The van der Waals surface area contributed by atoms with Crippen molar-refractivity contribution < 1.29 is 34.1 Å². The van der Waals surface area contributed by atoms with Crippen LogP contribution in [-0.2, 0) is 0 Å². The second-order valence-electron chi connectivity index (χ2n) is 9.14. The first-order chi connectivity index (χ1) is 21.6. The van der Waals surface area contributed by atoms with Crippen LogP contribution in [0, 0.1) is 49.4 Å². The minimum absolute atomic E-state index is 0.161. The molecule has 4 rings (SSSR count). The number of anilines is 2. The number of benzene rings is 4. The fourth-order valence-electron chi connectivity index (χ4n) is 4.18. The summed E-state index contributed by atoms with van der Waals surface area (Å²) < 4.78 is 5.86. The molecule has 0 saturated heterocycles.